The Hall–Kier alpha value is -0.160. The molecule has 1 aliphatic carbocycles. The van der Waals surface area contributed by atoms with Gasteiger partial charge in [-0.15, -0.1) is 0 Å². The summed E-state index contributed by atoms with van der Waals surface area (Å²) < 4.78 is 0. The summed E-state index contributed by atoms with van der Waals surface area (Å²) >= 11 is 0. The molecule has 0 amide bonds. The molecule has 1 rings (SSSR count). The lowest BCUT2D eigenvalue weighted by atomic mass is 9.77. The topological polar surface area (TPSA) is 72.7 Å². The van der Waals surface area contributed by atoms with Crippen molar-refractivity contribution in [3.63, 3.8) is 0 Å². The largest absolute Gasteiger partial charge is 0.394 e. The normalized spacial score (nSPS) is 34.0. The number of β-amino-alcohol motifs (C(OH)–C–C–N with tert-alkyl or cyclic N) is 1. The molecule has 4 heteroatoms. The third-order valence-corrected chi connectivity index (χ3v) is 3.32. The molecule has 4 N–H and O–H groups in total. The molecule has 0 radical (unpaired) electrons. The highest BCUT2D eigenvalue weighted by atomic mass is 16.3. The second-order valence-electron chi connectivity index (χ2n) is 4.86. The van der Waals surface area contributed by atoms with Gasteiger partial charge in [0.1, 0.15) is 0 Å². The minimum Gasteiger partial charge on any atom is -0.394 e. The zero-order chi connectivity index (χ0) is 11.3. The highest BCUT2D eigenvalue weighted by Gasteiger charge is 2.34. The maximum absolute atomic E-state index is 9.44. The number of hydrogen-bond acceptors (Lipinski definition) is 4. The van der Waals surface area contributed by atoms with Crippen molar-refractivity contribution in [1.29, 1.82) is 0 Å². The molecule has 15 heavy (non-hydrogen) atoms. The lowest BCUT2D eigenvalue weighted by molar-refractivity contribution is 0.0566. The molecule has 0 saturated heterocycles. The summed E-state index contributed by atoms with van der Waals surface area (Å²) in [4.78, 5) is 0. The molecule has 3 unspecified atom stereocenters. The van der Waals surface area contributed by atoms with E-state index in [1.54, 1.807) is 0 Å². The molecule has 0 bridgehead atoms. The Morgan fingerprint density at radius 2 is 2.20 bits per heavy atom. The van der Waals surface area contributed by atoms with E-state index < -0.39 is 6.10 Å². The number of aliphatic hydroxyl groups is 3. The van der Waals surface area contributed by atoms with Gasteiger partial charge in [-0.2, -0.15) is 0 Å². The van der Waals surface area contributed by atoms with Crippen molar-refractivity contribution < 1.29 is 15.3 Å². The monoisotopic (exact) mass is 217 g/mol. The van der Waals surface area contributed by atoms with Gasteiger partial charge in [-0.25, -0.2) is 0 Å². The second kappa shape index (κ2) is 5.80. The van der Waals surface area contributed by atoms with Crippen molar-refractivity contribution in [2.24, 2.45) is 5.92 Å². The Labute approximate surface area is 91.3 Å². The SMILES string of the molecule is CC1CCCC(CO)(NCC(O)CO)C1. The summed E-state index contributed by atoms with van der Waals surface area (Å²) in [6.45, 7) is 2.41. The third-order valence-electron chi connectivity index (χ3n) is 3.32. The summed E-state index contributed by atoms with van der Waals surface area (Å²) in [5.41, 5.74) is -0.242. The Morgan fingerprint density at radius 3 is 2.73 bits per heavy atom. The van der Waals surface area contributed by atoms with Crippen LogP contribution in [0.15, 0.2) is 0 Å². The predicted octanol–water partition coefficient (Wildman–Crippen LogP) is -0.130. The Kier molecular flexibility index (Phi) is 4.99. The molecule has 0 aromatic carbocycles. The van der Waals surface area contributed by atoms with Gasteiger partial charge in [0.2, 0.25) is 0 Å². The first-order valence-corrected chi connectivity index (χ1v) is 5.77. The van der Waals surface area contributed by atoms with Gasteiger partial charge in [0, 0.05) is 12.1 Å². The molecule has 0 aromatic heterocycles. The van der Waals surface area contributed by atoms with Crippen LogP contribution in [0.5, 0.6) is 0 Å². The van der Waals surface area contributed by atoms with E-state index in [-0.39, 0.29) is 18.8 Å². The van der Waals surface area contributed by atoms with E-state index in [0.29, 0.717) is 12.5 Å². The van der Waals surface area contributed by atoms with Crippen molar-refractivity contribution in [3.05, 3.63) is 0 Å². The molecule has 0 spiro atoms. The molecule has 0 aliphatic heterocycles. The molecule has 4 nitrogen and oxygen atoms in total. The van der Waals surface area contributed by atoms with E-state index in [9.17, 15) is 10.2 Å². The van der Waals surface area contributed by atoms with Crippen LogP contribution in [0.3, 0.4) is 0 Å². The lowest BCUT2D eigenvalue weighted by Gasteiger charge is -2.40. The van der Waals surface area contributed by atoms with Crippen LogP contribution in [0.1, 0.15) is 32.6 Å². The second-order valence-corrected chi connectivity index (χ2v) is 4.86. The fourth-order valence-corrected chi connectivity index (χ4v) is 2.42. The average Bonchev–Trinajstić information content (AvgIpc) is 2.26. The number of aliphatic hydroxyl groups excluding tert-OH is 3. The van der Waals surface area contributed by atoms with Crippen molar-refractivity contribution in [1.82, 2.24) is 5.32 Å². The van der Waals surface area contributed by atoms with Gasteiger partial charge in [0.25, 0.3) is 0 Å². The van der Waals surface area contributed by atoms with E-state index in [0.717, 1.165) is 19.3 Å². The zero-order valence-corrected chi connectivity index (χ0v) is 9.45. The highest BCUT2D eigenvalue weighted by molar-refractivity contribution is 4.92. The van der Waals surface area contributed by atoms with Gasteiger partial charge in [0.05, 0.1) is 19.3 Å². The summed E-state index contributed by atoms with van der Waals surface area (Å²) in [6, 6.07) is 0. The van der Waals surface area contributed by atoms with Crippen LogP contribution in [0.4, 0.5) is 0 Å². The van der Waals surface area contributed by atoms with Crippen LogP contribution in [0.25, 0.3) is 0 Å². The van der Waals surface area contributed by atoms with Crippen molar-refractivity contribution in [2.75, 3.05) is 19.8 Å². The Morgan fingerprint density at radius 1 is 1.47 bits per heavy atom. The fraction of sp³-hybridized carbons (Fsp3) is 1.00. The van der Waals surface area contributed by atoms with E-state index in [1.807, 2.05) is 0 Å². The maximum Gasteiger partial charge on any atom is 0.0895 e. The van der Waals surface area contributed by atoms with Gasteiger partial charge in [0.15, 0.2) is 0 Å². The van der Waals surface area contributed by atoms with Gasteiger partial charge < -0.3 is 20.6 Å². The smallest absolute Gasteiger partial charge is 0.0895 e. The van der Waals surface area contributed by atoms with E-state index in [1.165, 1.54) is 6.42 Å². The Bertz CT molecular complexity index is 189. The minimum atomic E-state index is -0.731. The van der Waals surface area contributed by atoms with Gasteiger partial charge >= 0.3 is 0 Å². The van der Waals surface area contributed by atoms with Crippen LogP contribution in [0.2, 0.25) is 0 Å². The lowest BCUT2D eigenvalue weighted by Crippen LogP contribution is -2.53. The van der Waals surface area contributed by atoms with Crippen LogP contribution in [-0.2, 0) is 0 Å². The van der Waals surface area contributed by atoms with Gasteiger partial charge in [-0.1, -0.05) is 19.8 Å². The van der Waals surface area contributed by atoms with Crippen LogP contribution < -0.4 is 5.32 Å². The van der Waals surface area contributed by atoms with Crippen molar-refractivity contribution in [2.45, 2.75) is 44.2 Å². The van der Waals surface area contributed by atoms with Gasteiger partial charge in [-0.3, -0.25) is 0 Å². The molecular weight excluding hydrogens is 194 g/mol. The predicted molar refractivity (Wildman–Crippen MR) is 58.5 cm³/mol. The first-order valence-electron chi connectivity index (χ1n) is 5.77. The van der Waals surface area contributed by atoms with Crippen LogP contribution >= 0.6 is 0 Å². The van der Waals surface area contributed by atoms with Crippen molar-refractivity contribution >= 4 is 0 Å². The zero-order valence-electron chi connectivity index (χ0n) is 9.45. The first-order chi connectivity index (χ1) is 7.12. The molecular formula is C11H23NO3. The van der Waals surface area contributed by atoms with Crippen LogP contribution in [0, 0.1) is 5.92 Å². The fourth-order valence-electron chi connectivity index (χ4n) is 2.42. The quantitative estimate of drug-likeness (QED) is 0.518. The number of rotatable bonds is 5. The third kappa shape index (κ3) is 3.72. The van der Waals surface area contributed by atoms with Crippen molar-refractivity contribution in [3.8, 4) is 0 Å². The maximum atomic E-state index is 9.44. The number of nitrogens with one attached hydrogen (secondary N) is 1. The summed E-state index contributed by atoms with van der Waals surface area (Å²) in [5.74, 6) is 0.615. The molecule has 1 aliphatic rings. The summed E-state index contributed by atoms with van der Waals surface area (Å²) in [7, 11) is 0. The van der Waals surface area contributed by atoms with Crippen LogP contribution in [-0.4, -0.2) is 46.7 Å². The minimum absolute atomic E-state index is 0.107. The highest BCUT2D eigenvalue weighted by Crippen LogP contribution is 2.31. The Balaban J connectivity index is 2.44. The van der Waals surface area contributed by atoms with Gasteiger partial charge in [-0.05, 0) is 18.8 Å². The molecule has 0 heterocycles. The molecule has 1 saturated carbocycles. The molecule has 90 valence electrons. The summed E-state index contributed by atoms with van der Waals surface area (Å²) in [6.07, 6.45) is 3.49. The first kappa shape index (κ1) is 12.9. The van der Waals surface area contributed by atoms with E-state index >= 15 is 0 Å². The molecule has 0 aromatic rings. The average molecular weight is 217 g/mol. The number of hydrogen-bond donors (Lipinski definition) is 4. The van der Waals surface area contributed by atoms with E-state index in [2.05, 4.69) is 12.2 Å². The molecule has 3 atom stereocenters. The summed E-state index contributed by atoms with van der Waals surface area (Å²) in [5, 5.41) is 30.6. The van der Waals surface area contributed by atoms with E-state index in [4.69, 9.17) is 5.11 Å². The molecule has 1 fully saturated rings. The standard InChI is InChI=1S/C11H23NO3/c1-9-3-2-4-11(5-9,8-14)12-6-10(15)7-13/h9-10,12-15H,2-8H2,1H3.